The summed E-state index contributed by atoms with van der Waals surface area (Å²) in [5.74, 6) is 0. The first-order chi connectivity index (χ1) is 7.80. The Labute approximate surface area is 111 Å². The molecule has 0 aliphatic carbocycles. The highest BCUT2D eigenvalue weighted by Crippen LogP contribution is 2.29. The fourth-order valence-corrected chi connectivity index (χ4v) is 1.74. The molecular formula is C13H18BrNO2. The van der Waals surface area contributed by atoms with Gasteiger partial charge in [-0.05, 0) is 23.8 Å². The Morgan fingerprint density at radius 3 is 2.24 bits per heavy atom. The second kappa shape index (κ2) is 5.63. The minimum Gasteiger partial charge on any atom is -0.258 e. The molecule has 0 saturated carbocycles. The van der Waals surface area contributed by atoms with Crippen molar-refractivity contribution in [2.24, 2.45) is 5.41 Å². The van der Waals surface area contributed by atoms with E-state index in [-0.39, 0.29) is 16.0 Å². The standard InChI is InChI=1S/C13H18BrNO2/c1-13(2,3)12(14)9-6-10-4-7-11(8-5-10)15(16)17/h4-5,7-8,12H,6,9H2,1-3H3. The van der Waals surface area contributed by atoms with E-state index < -0.39 is 0 Å². The van der Waals surface area contributed by atoms with Crippen LogP contribution in [0.2, 0.25) is 0 Å². The van der Waals surface area contributed by atoms with Crippen molar-refractivity contribution in [1.29, 1.82) is 0 Å². The van der Waals surface area contributed by atoms with Crippen LogP contribution in [0.4, 0.5) is 5.69 Å². The molecule has 94 valence electrons. The third kappa shape index (κ3) is 4.46. The van der Waals surface area contributed by atoms with Gasteiger partial charge in [-0.3, -0.25) is 10.1 Å². The lowest BCUT2D eigenvalue weighted by Crippen LogP contribution is -2.20. The molecule has 1 atom stereocenters. The van der Waals surface area contributed by atoms with Gasteiger partial charge in [0.15, 0.2) is 0 Å². The van der Waals surface area contributed by atoms with Crippen LogP contribution in [-0.4, -0.2) is 9.75 Å². The fourth-order valence-electron chi connectivity index (χ4n) is 1.51. The number of hydrogen-bond acceptors (Lipinski definition) is 2. The van der Waals surface area contributed by atoms with E-state index in [1.54, 1.807) is 12.1 Å². The Morgan fingerprint density at radius 1 is 1.29 bits per heavy atom. The largest absolute Gasteiger partial charge is 0.269 e. The molecule has 0 aromatic heterocycles. The van der Waals surface area contributed by atoms with E-state index in [0.29, 0.717) is 4.83 Å². The number of non-ortho nitro benzene ring substituents is 1. The van der Waals surface area contributed by atoms with E-state index in [1.807, 2.05) is 12.1 Å². The first-order valence-corrected chi connectivity index (χ1v) is 6.59. The molecule has 0 spiro atoms. The van der Waals surface area contributed by atoms with Crippen molar-refractivity contribution in [1.82, 2.24) is 0 Å². The normalized spacial score (nSPS) is 13.4. The minimum absolute atomic E-state index is 0.153. The van der Waals surface area contributed by atoms with Crippen LogP contribution < -0.4 is 0 Å². The summed E-state index contributed by atoms with van der Waals surface area (Å²) in [6.07, 6.45) is 1.96. The maximum atomic E-state index is 10.5. The maximum absolute atomic E-state index is 10.5. The summed E-state index contributed by atoms with van der Waals surface area (Å²) in [6, 6.07) is 6.80. The highest BCUT2D eigenvalue weighted by molar-refractivity contribution is 9.09. The molecule has 1 rings (SSSR count). The molecule has 17 heavy (non-hydrogen) atoms. The number of alkyl halides is 1. The van der Waals surface area contributed by atoms with Gasteiger partial charge in [0.1, 0.15) is 0 Å². The van der Waals surface area contributed by atoms with E-state index in [1.165, 1.54) is 0 Å². The van der Waals surface area contributed by atoms with Gasteiger partial charge in [0.2, 0.25) is 0 Å². The molecule has 0 radical (unpaired) electrons. The molecule has 1 aromatic rings. The van der Waals surface area contributed by atoms with Crippen molar-refractivity contribution in [3.05, 3.63) is 39.9 Å². The molecule has 4 heteroatoms. The summed E-state index contributed by atoms with van der Waals surface area (Å²) >= 11 is 3.69. The number of aryl methyl sites for hydroxylation is 1. The Bertz CT molecular complexity index is 381. The van der Waals surface area contributed by atoms with Crippen molar-refractivity contribution < 1.29 is 4.92 Å². The van der Waals surface area contributed by atoms with Gasteiger partial charge in [0.25, 0.3) is 5.69 Å². The first kappa shape index (κ1) is 14.2. The lowest BCUT2D eigenvalue weighted by molar-refractivity contribution is -0.384. The Hall–Kier alpha value is -0.900. The molecule has 3 nitrogen and oxygen atoms in total. The smallest absolute Gasteiger partial charge is 0.258 e. The summed E-state index contributed by atoms with van der Waals surface area (Å²) in [5, 5.41) is 10.5. The van der Waals surface area contributed by atoms with Gasteiger partial charge in [0, 0.05) is 17.0 Å². The molecule has 0 aliphatic rings. The molecule has 0 amide bonds. The van der Waals surface area contributed by atoms with E-state index in [4.69, 9.17) is 0 Å². The van der Waals surface area contributed by atoms with Crippen molar-refractivity contribution in [3.63, 3.8) is 0 Å². The number of nitro groups is 1. The van der Waals surface area contributed by atoms with Gasteiger partial charge >= 0.3 is 0 Å². The van der Waals surface area contributed by atoms with Gasteiger partial charge < -0.3 is 0 Å². The topological polar surface area (TPSA) is 43.1 Å². The number of hydrogen-bond donors (Lipinski definition) is 0. The summed E-state index contributed by atoms with van der Waals surface area (Å²) in [7, 11) is 0. The third-order valence-electron chi connectivity index (χ3n) is 2.77. The molecule has 0 N–H and O–H groups in total. The van der Waals surface area contributed by atoms with Crippen LogP contribution in [0.1, 0.15) is 32.8 Å². The zero-order valence-electron chi connectivity index (χ0n) is 10.4. The Morgan fingerprint density at radius 2 is 1.82 bits per heavy atom. The summed E-state index contributed by atoms with van der Waals surface area (Å²) in [5.41, 5.74) is 1.53. The SMILES string of the molecule is CC(C)(C)C(Br)CCc1ccc([N+](=O)[O-])cc1. The maximum Gasteiger partial charge on any atom is 0.269 e. The van der Waals surface area contributed by atoms with Gasteiger partial charge in [-0.1, -0.05) is 48.8 Å². The molecule has 0 aliphatic heterocycles. The fraction of sp³-hybridized carbons (Fsp3) is 0.538. The second-order valence-electron chi connectivity index (χ2n) is 5.30. The van der Waals surface area contributed by atoms with E-state index in [2.05, 4.69) is 36.7 Å². The van der Waals surface area contributed by atoms with Crippen LogP contribution in [0.25, 0.3) is 0 Å². The zero-order chi connectivity index (χ0) is 13.1. The summed E-state index contributed by atoms with van der Waals surface area (Å²) in [6.45, 7) is 6.59. The lowest BCUT2D eigenvalue weighted by atomic mass is 9.89. The van der Waals surface area contributed by atoms with Gasteiger partial charge in [-0.15, -0.1) is 0 Å². The van der Waals surface area contributed by atoms with E-state index >= 15 is 0 Å². The van der Waals surface area contributed by atoms with Crippen LogP contribution in [0.5, 0.6) is 0 Å². The van der Waals surface area contributed by atoms with Crippen molar-refractivity contribution >= 4 is 21.6 Å². The van der Waals surface area contributed by atoms with Crippen LogP contribution in [0.15, 0.2) is 24.3 Å². The van der Waals surface area contributed by atoms with Crippen LogP contribution in [-0.2, 0) is 6.42 Å². The summed E-state index contributed by atoms with van der Waals surface area (Å²) in [4.78, 5) is 10.6. The highest BCUT2D eigenvalue weighted by Gasteiger charge is 2.21. The average Bonchev–Trinajstić information content (AvgIpc) is 2.25. The molecular weight excluding hydrogens is 282 g/mol. The Kier molecular flexibility index (Phi) is 4.69. The predicted octanol–water partition coefficient (Wildman–Crippen LogP) is 4.34. The molecule has 0 saturated heterocycles. The molecule has 1 unspecified atom stereocenters. The number of rotatable bonds is 4. The zero-order valence-corrected chi connectivity index (χ0v) is 12.0. The summed E-state index contributed by atoms with van der Waals surface area (Å²) < 4.78 is 0. The van der Waals surface area contributed by atoms with Gasteiger partial charge in [0.05, 0.1) is 4.92 Å². The molecule has 1 aromatic carbocycles. The molecule has 0 heterocycles. The lowest BCUT2D eigenvalue weighted by Gasteiger charge is -2.25. The van der Waals surface area contributed by atoms with Crippen LogP contribution in [0, 0.1) is 15.5 Å². The monoisotopic (exact) mass is 299 g/mol. The molecule has 0 bridgehead atoms. The number of nitro benzene ring substituents is 1. The highest BCUT2D eigenvalue weighted by atomic mass is 79.9. The molecule has 0 fully saturated rings. The van der Waals surface area contributed by atoms with Crippen LogP contribution >= 0.6 is 15.9 Å². The predicted molar refractivity (Wildman–Crippen MR) is 73.6 cm³/mol. The van der Waals surface area contributed by atoms with Crippen molar-refractivity contribution in [3.8, 4) is 0 Å². The second-order valence-corrected chi connectivity index (χ2v) is 6.40. The van der Waals surface area contributed by atoms with E-state index in [0.717, 1.165) is 18.4 Å². The number of halogens is 1. The third-order valence-corrected chi connectivity index (χ3v) is 4.60. The minimum atomic E-state index is -0.369. The van der Waals surface area contributed by atoms with Crippen molar-refractivity contribution in [2.75, 3.05) is 0 Å². The average molecular weight is 300 g/mol. The van der Waals surface area contributed by atoms with Crippen LogP contribution in [0.3, 0.4) is 0 Å². The van der Waals surface area contributed by atoms with Crippen molar-refractivity contribution in [2.45, 2.75) is 38.4 Å². The van der Waals surface area contributed by atoms with E-state index in [9.17, 15) is 10.1 Å². The van der Waals surface area contributed by atoms with Gasteiger partial charge in [-0.2, -0.15) is 0 Å². The quantitative estimate of drug-likeness (QED) is 0.471. The first-order valence-electron chi connectivity index (χ1n) is 5.68. The Balaban J connectivity index is 2.56. The van der Waals surface area contributed by atoms with Gasteiger partial charge in [-0.25, -0.2) is 0 Å². The number of benzene rings is 1. The number of nitrogens with zero attached hydrogens (tertiary/aromatic N) is 1.